The second-order valence-electron chi connectivity index (χ2n) is 5.26. The molecule has 0 aliphatic rings. The number of fused-ring (bicyclic) bond motifs is 1. The molecule has 122 valence electrons. The minimum Gasteiger partial charge on any atom is -0.438 e. The first-order chi connectivity index (χ1) is 12.2. The van der Waals surface area contributed by atoms with E-state index in [1.807, 2.05) is 18.2 Å². The highest BCUT2D eigenvalue weighted by Gasteiger charge is 2.07. The Labute approximate surface area is 147 Å². The fourth-order valence-electron chi connectivity index (χ4n) is 2.41. The molecule has 4 rings (SSSR count). The van der Waals surface area contributed by atoms with Crippen molar-refractivity contribution in [3.05, 3.63) is 76.2 Å². The van der Waals surface area contributed by atoms with E-state index in [1.54, 1.807) is 42.5 Å². The predicted molar refractivity (Wildman–Crippen MR) is 94.9 cm³/mol. The van der Waals surface area contributed by atoms with Crippen molar-refractivity contribution in [3.8, 4) is 23.0 Å². The van der Waals surface area contributed by atoms with Gasteiger partial charge in [0.2, 0.25) is 5.88 Å². The Morgan fingerprint density at radius 1 is 0.960 bits per heavy atom. The second kappa shape index (κ2) is 6.33. The number of nitrogens with zero attached hydrogens (tertiary/aromatic N) is 3. The fraction of sp³-hybridized carbons (Fsp3) is 0. The molecular formula is C18H11ClN4O2. The van der Waals surface area contributed by atoms with E-state index in [2.05, 4.69) is 20.2 Å². The lowest BCUT2D eigenvalue weighted by Crippen LogP contribution is -2.09. The van der Waals surface area contributed by atoms with E-state index in [-0.39, 0.29) is 5.56 Å². The molecule has 0 atom stereocenters. The summed E-state index contributed by atoms with van der Waals surface area (Å²) in [7, 11) is 0. The Kier molecular flexibility index (Phi) is 3.87. The fourth-order valence-corrected chi connectivity index (χ4v) is 2.51. The van der Waals surface area contributed by atoms with Gasteiger partial charge in [0, 0.05) is 11.6 Å². The van der Waals surface area contributed by atoms with Crippen molar-refractivity contribution in [1.29, 1.82) is 0 Å². The number of benzene rings is 2. The molecule has 6 nitrogen and oxygen atoms in total. The summed E-state index contributed by atoms with van der Waals surface area (Å²) in [5, 5.41) is 8.43. The van der Waals surface area contributed by atoms with Gasteiger partial charge in [-0.05, 0) is 30.3 Å². The highest BCUT2D eigenvalue weighted by atomic mass is 35.5. The summed E-state index contributed by atoms with van der Waals surface area (Å²) in [4.78, 5) is 19.5. The molecular weight excluding hydrogens is 340 g/mol. The number of H-pyrrole nitrogens is 1. The molecule has 0 aliphatic carbocycles. The van der Waals surface area contributed by atoms with Crippen LogP contribution in [0, 0.1) is 0 Å². The van der Waals surface area contributed by atoms with Gasteiger partial charge in [-0.15, -0.1) is 10.2 Å². The maximum Gasteiger partial charge on any atom is 0.259 e. The number of aromatic nitrogens is 4. The average Bonchev–Trinajstić information content (AvgIpc) is 2.64. The van der Waals surface area contributed by atoms with Gasteiger partial charge in [0.15, 0.2) is 5.15 Å². The quantitative estimate of drug-likeness (QED) is 0.607. The molecule has 0 unspecified atom stereocenters. The number of para-hydroxylation sites is 1. The Hall–Kier alpha value is -3.25. The molecule has 0 saturated carbocycles. The van der Waals surface area contributed by atoms with Crippen LogP contribution >= 0.6 is 11.6 Å². The third kappa shape index (κ3) is 3.20. The average molecular weight is 351 g/mol. The summed E-state index contributed by atoms with van der Waals surface area (Å²) in [5.41, 5.74) is 1.17. The van der Waals surface area contributed by atoms with Gasteiger partial charge in [0.25, 0.3) is 5.56 Å². The molecule has 0 fully saturated rings. The van der Waals surface area contributed by atoms with Crippen molar-refractivity contribution in [2.24, 2.45) is 0 Å². The smallest absolute Gasteiger partial charge is 0.259 e. The zero-order valence-electron chi connectivity index (χ0n) is 12.8. The molecule has 0 saturated heterocycles. The molecule has 2 aromatic carbocycles. The molecule has 25 heavy (non-hydrogen) atoms. The van der Waals surface area contributed by atoms with E-state index in [4.69, 9.17) is 16.3 Å². The molecule has 0 amide bonds. The number of halogens is 1. The van der Waals surface area contributed by atoms with Gasteiger partial charge < -0.3 is 9.72 Å². The third-order valence-corrected chi connectivity index (χ3v) is 3.75. The number of aromatic amines is 1. The summed E-state index contributed by atoms with van der Waals surface area (Å²) >= 11 is 5.71. The van der Waals surface area contributed by atoms with Crippen LogP contribution in [0.4, 0.5) is 0 Å². The molecule has 0 aliphatic heterocycles. The maximum atomic E-state index is 12.2. The molecule has 2 heterocycles. The number of hydrogen-bond acceptors (Lipinski definition) is 5. The van der Waals surface area contributed by atoms with Gasteiger partial charge in [-0.25, -0.2) is 4.98 Å². The molecule has 0 bridgehead atoms. The normalized spacial score (nSPS) is 10.8. The number of rotatable bonds is 3. The van der Waals surface area contributed by atoms with Crippen LogP contribution in [-0.2, 0) is 0 Å². The molecule has 0 radical (unpaired) electrons. The SMILES string of the molecule is O=c1[nH]c(-c2cccc(Oc3ccc(Cl)nn3)c2)nc2ccccc12. The molecule has 7 heteroatoms. The molecule has 4 aromatic rings. The predicted octanol–water partition coefficient (Wildman–Crippen LogP) is 3.83. The summed E-state index contributed by atoms with van der Waals surface area (Å²) in [6.07, 6.45) is 0. The van der Waals surface area contributed by atoms with Crippen LogP contribution in [0.2, 0.25) is 5.15 Å². The first kappa shape index (κ1) is 15.3. The van der Waals surface area contributed by atoms with Crippen molar-refractivity contribution in [2.75, 3.05) is 0 Å². The topological polar surface area (TPSA) is 80.8 Å². The van der Waals surface area contributed by atoms with Crippen LogP contribution in [0.3, 0.4) is 0 Å². The maximum absolute atomic E-state index is 12.2. The Balaban J connectivity index is 1.72. The van der Waals surface area contributed by atoms with Crippen LogP contribution in [-0.4, -0.2) is 20.2 Å². The van der Waals surface area contributed by atoms with Crippen LogP contribution in [0.15, 0.2) is 65.5 Å². The first-order valence-electron chi connectivity index (χ1n) is 7.46. The van der Waals surface area contributed by atoms with Gasteiger partial charge >= 0.3 is 0 Å². The van der Waals surface area contributed by atoms with Gasteiger partial charge in [-0.2, -0.15) is 0 Å². The Morgan fingerprint density at radius 3 is 2.68 bits per heavy atom. The highest BCUT2D eigenvalue weighted by molar-refractivity contribution is 6.29. The van der Waals surface area contributed by atoms with E-state index >= 15 is 0 Å². The first-order valence-corrected chi connectivity index (χ1v) is 7.83. The van der Waals surface area contributed by atoms with Crippen LogP contribution in [0.25, 0.3) is 22.3 Å². The number of ether oxygens (including phenoxy) is 1. The van der Waals surface area contributed by atoms with Gasteiger partial charge in [0.1, 0.15) is 11.6 Å². The summed E-state index contributed by atoms with van der Waals surface area (Å²) in [5.74, 6) is 1.34. The monoisotopic (exact) mass is 350 g/mol. The molecule has 1 N–H and O–H groups in total. The Morgan fingerprint density at radius 2 is 1.84 bits per heavy atom. The second-order valence-corrected chi connectivity index (χ2v) is 5.64. The third-order valence-electron chi connectivity index (χ3n) is 3.55. The van der Waals surface area contributed by atoms with Gasteiger partial charge in [-0.3, -0.25) is 4.79 Å². The van der Waals surface area contributed by atoms with Gasteiger partial charge in [-0.1, -0.05) is 35.9 Å². The lowest BCUT2D eigenvalue weighted by Gasteiger charge is -2.07. The van der Waals surface area contributed by atoms with E-state index in [9.17, 15) is 4.79 Å². The molecule has 0 spiro atoms. The van der Waals surface area contributed by atoms with Crippen LogP contribution < -0.4 is 10.3 Å². The van der Waals surface area contributed by atoms with Crippen molar-refractivity contribution in [3.63, 3.8) is 0 Å². The zero-order valence-corrected chi connectivity index (χ0v) is 13.6. The van der Waals surface area contributed by atoms with E-state index in [1.165, 1.54) is 0 Å². The largest absolute Gasteiger partial charge is 0.438 e. The lowest BCUT2D eigenvalue weighted by atomic mass is 10.2. The minimum absolute atomic E-state index is 0.185. The minimum atomic E-state index is -0.185. The zero-order chi connectivity index (χ0) is 17.2. The number of hydrogen-bond donors (Lipinski definition) is 1. The standard InChI is InChI=1S/C18H11ClN4O2/c19-15-8-9-16(23-22-15)25-12-5-3-4-11(10-12)17-20-14-7-2-1-6-13(14)18(24)21-17/h1-10H,(H,20,21,24). The summed E-state index contributed by atoms with van der Waals surface area (Å²) < 4.78 is 5.66. The van der Waals surface area contributed by atoms with Crippen molar-refractivity contribution in [2.45, 2.75) is 0 Å². The molecule has 2 aromatic heterocycles. The van der Waals surface area contributed by atoms with E-state index in [0.29, 0.717) is 33.5 Å². The van der Waals surface area contributed by atoms with Crippen molar-refractivity contribution in [1.82, 2.24) is 20.2 Å². The summed E-state index contributed by atoms with van der Waals surface area (Å²) in [6.45, 7) is 0. The van der Waals surface area contributed by atoms with Crippen molar-refractivity contribution < 1.29 is 4.74 Å². The Bertz CT molecular complexity index is 1110. The highest BCUT2D eigenvalue weighted by Crippen LogP contribution is 2.25. The summed E-state index contributed by atoms with van der Waals surface area (Å²) in [6, 6.07) is 17.6. The lowest BCUT2D eigenvalue weighted by molar-refractivity contribution is 0.455. The van der Waals surface area contributed by atoms with E-state index in [0.717, 1.165) is 5.56 Å². The number of nitrogens with one attached hydrogen (secondary N) is 1. The van der Waals surface area contributed by atoms with Crippen molar-refractivity contribution >= 4 is 22.5 Å². The van der Waals surface area contributed by atoms with Gasteiger partial charge in [0.05, 0.1) is 10.9 Å². The van der Waals surface area contributed by atoms with E-state index < -0.39 is 0 Å². The van der Waals surface area contributed by atoms with Crippen LogP contribution in [0.5, 0.6) is 11.6 Å². The van der Waals surface area contributed by atoms with Crippen LogP contribution in [0.1, 0.15) is 0 Å².